The van der Waals surface area contributed by atoms with Crippen molar-refractivity contribution in [1.29, 1.82) is 0 Å². The number of carbonyl (C=O) groups is 2. The van der Waals surface area contributed by atoms with E-state index in [1.807, 2.05) is 6.92 Å². The molecule has 6 nitrogen and oxygen atoms in total. The lowest BCUT2D eigenvalue weighted by Crippen LogP contribution is -2.39. The van der Waals surface area contributed by atoms with E-state index in [0.29, 0.717) is 17.0 Å². The highest BCUT2D eigenvalue weighted by atomic mass is 32.1. The summed E-state index contributed by atoms with van der Waals surface area (Å²) in [7, 11) is 1.28. The Hall–Kier alpha value is -1.50. The molecule has 0 aliphatic carbocycles. The van der Waals surface area contributed by atoms with Gasteiger partial charge in [0.1, 0.15) is 10.9 Å². The minimum absolute atomic E-state index is 0.332. The average Bonchev–Trinajstić information content (AvgIpc) is 2.76. The summed E-state index contributed by atoms with van der Waals surface area (Å²) in [5.41, 5.74) is 0.673. The van der Waals surface area contributed by atoms with Gasteiger partial charge >= 0.3 is 5.97 Å². The van der Waals surface area contributed by atoms with Gasteiger partial charge in [0.05, 0.1) is 12.8 Å². The molecule has 0 aliphatic heterocycles. The number of carbonyl (C=O) groups excluding carboxylic acids is 2. The standard InChI is InChI=1S/C10H15N3O3S/c1-4-5-7-8(17-13-12-7)9(14)11-6(2)10(15)16-3/h6H,4-5H2,1-3H3,(H,11,14). The lowest BCUT2D eigenvalue weighted by Gasteiger charge is -2.10. The normalized spacial score (nSPS) is 11.9. The molecule has 1 N–H and O–H groups in total. The molecular formula is C10H15N3O3S. The van der Waals surface area contributed by atoms with E-state index in [0.717, 1.165) is 18.0 Å². The third-order valence-electron chi connectivity index (χ3n) is 2.15. The van der Waals surface area contributed by atoms with E-state index < -0.39 is 12.0 Å². The molecule has 0 spiro atoms. The highest BCUT2D eigenvalue weighted by molar-refractivity contribution is 7.08. The first kappa shape index (κ1) is 13.6. The molecule has 1 rings (SSSR count). The van der Waals surface area contributed by atoms with E-state index >= 15 is 0 Å². The summed E-state index contributed by atoms with van der Waals surface area (Å²) in [6, 6.07) is -0.677. The van der Waals surface area contributed by atoms with Crippen molar-refractivity contribution in [2.45, 2.75) is 32.7 Å². The number of methoxy groups -OCH3 is 1. The molecule has 0 bridgehead atoms. The molecule has 94 valence electrons. The third-order valence-corrected chi connectivity index (χ3v) is 2.92. The van der Waals surface area contributed by atoms with Crippen LogP contribution >= 0.6 is 11.5 Å². The van der Waals surface area contributed by atoms with Crippen molar-refractivity contribution < 1.29 is 14.3 Å². The first-order valence-corrected chi connectivity index (χ1v) is 6.07. The lowest BCUT2D eigenvalue weighted by atomic mass is 10.2. The number of nitrogens with one attached hydrogen (secondary N) is 1. The largest absolute Gasteiger partial charge is 0.467 e. The molecule has 7 heteroatoms. The number of amides is 1. The predicted molar refractivity (Wildman–Crippen MR) is 62.8 cm³/mol. The molecule has 1 amide bonds. The van der Waals surface area contributed by atoms with Gasteiger partial charge in [0.2, 0.25) is 0 Å². The van der Waals surface area contributed by atoms with Gasteiger partial charge in [-0.05, 0) is 24.9 Å². The Bertz CT molecular complexity index is 405. The quantitative estimate of drug-likeness (QED) is 0.788. The zero-order valence-electron chi connectivity index (χ0n) is 10.0. The summed E-state index contributed by atoms with van der Waals surface area (Å²) in [5, 5.41) is 6.44. The maximum atomic E-state index is 11.8. The fourth-order valence-electron chi connectivity index (χ4n) is 1.28. The smallest absolute Gasteiger partial charge is 0.328 e. The van der Waals surface area contributed by atoms with E-state index in [2.05, 4.69) is 19.6 Å². The van der Waals surface area contributed by atoms with Crippen molar-refractivity contribution in [3.05, 3.63) is 10.6 Å². The fraction of sp³-hybridized carbons (Fsp3) is 0.600. The van der Waals surface area contributed by atoms with Gasteiger partial charge in [-0.25, -0.2) is 4.79 Å². The second-order valence-corrected chi connectivity index (χ2v) is 4.27. The summed E-state index contributed by atoms with van der Waals surface area (Å²) < 4.78 is 8.28. The van der Waals surface area contributed by atoms with Gasteiger partial charge in [0.15, 0.2) is 0 Å². The number of hydrogen-bond donors (Lipinski definition) is 1. The number of nitrogens with zero attached hydrogens (tertiary/aromatic N) is 2. The summed E-state index contributed by atoms with van der Waals surface area (Å²) in [6.07, 6.45) is 1.59. The number of aryl methyl sites for hydroxylation is 1. The highest BCUT2D eigenvalue weighted by Gasteiger charge is 2.21. The minimum atomic E-state index is -0.677. The Balaban J connectivity index is 2.69. The van der Waals surface area contributed by atoms with Crippen LogP contribution in [0, 0.1) is 0 Å². The van der Waals surface area contributed by atoms with Crippen molar-refractivity contribution >= 4 is 23.4 Å². The second-order valence-electron chi connectivity index (χ2n) is 3.52. The molecule has 1 heterocycles. The SMILES string of the molecule is CCCc1nnsc1C(=O)NC(C)C(=O)OC. The molecule has 0 radical (unpaired) electrons. The molecule has 0 aliphatic rings. The van der Waals surface area contributed by atoms with Crippen LogP contribution in [0.5, 0.6) is 0 Å². The zero-order chi connectivity index (χ0) is 12.8. The molecule has 0 saturated carbocycles. The van der Waals surface area contributed by atoms with Crippen molar-refractivity contribution in [2.24, 2.45) is 0 Å². The Morgan fingerprint density at radius 2 is 2.24 bits per heavy atom. The molecule has 1 atom stereocenters. The third kappa shape index (κ3) is 3.48. The van der Waals surface area contributed by atoms with E-state index in [-0.39, 0.29) is 5.91 Å². The zero-order valence-corrected chi connectivity index (χ0v) is 10.8. The van der Waals surface area contributed by atoms with E-state index in [1.54, 1.807) is 6.92 Å². The number of rotatable bonds is 5. The monoisotopic (exact) mass is 257 g/mol. The van der Waals surface area contributed by atoms with Crippen LogP contribution in [0.2, 0.25) is 0 Å². The molecular weight excluding hydrogens is 242 g/mol. The Labute approximate surface area is 104 Å². The van der Waals surface area contributed by atoms with Crippen LogP contribution in [0.25, 0.3) is 0 Å². The van der Waals surface area contributed by atoms with Gasteiger partial charge in [-0.15, -0.1) is 5.10 Å². The highest BCUT2D eigenvalue weighted by Crippen LogP contribution is 2.12. The van der Waals surface area contributed by atoms with Gasteiger partial charge in [0, 0.05) is 0 Å². The van der Waals surface area contributed by atoms with Crippen LogP contribution in [0.4, 0.5) is 0 Å². The summed E-state index contributed by atoms with van der Waals surface area (Å²) >= 11 is 1.03. The van der Waals surface area contributed by atoms with Crippen LogP contribution in [0.3, 0.4) is 0 Å². The molecule has 0 aromatic carbocycles. The van der Waals surface area contributed by atoms with Gasteiger partial charge in [-0.2, -0.15) is 0 Å². The first-order valence-electron chi connectivity index (χ1n) is 5.30. The molecule has 1 unspecified atom stereocenters. The van der Waals surface area contributed by atoms with Crippen LogP contribution in [0.1, 0.15) is 35.6 Å². The minimum Gasteiger partial charge on any atom is -0.467 e. The van der Waals surface area contributed by atoms with Crippen LogP contribution in [0.15, 0.2) is 0 Å². The number of esters is 1. The number of aromatic nitrogens is 2. The van der Waals surface area contributed by atoms with E-state index in [4.69, 9.17) is 0 Å². The van der Waals surface area contributed by atoms with Crippen molar-refractivity contribution in [1.82, 2.24) is 14.9 Å². The van der Waals surface area contributed by atoms with Gasteiger partial charge in [-0.3, -0.25) is 4.79 Å². The Morgan fingerprint density at radius 3 is 2.82 bits per heavy atom. The molecule has 0 saturated heterocycles. The Morgan fingerprint density at radius 1 is 1.53 bits per heavy atom. The first-order chi connectivity index (χ1) is 8.10. The van der Waals surface area contributed by atoms with Crippen molar-refractivity contribution in [3.63, 3.8) is 0 Å². The van der Waals surface area contributed by atoms with Crippen LogP contribution in [-0.2, 0) is 16.0 Å². The van der Waals surface area contributed by atoms with Crippen molar-refractivity contribution in [3.8, 4) is 0 Å². The topological polar surface area (TPSA) is 81.2 Å². The lowest BCUT2D eigenvalue weighted by molar-refractivity contribution is -0.142. The molecule has 0 fully saturated rings. The average molecular weight is 257 g/mol. The van der Waals surface area contributed by atoms with Gasteiger partial charge in [0.25, 0.3) is 5.91 Å². The van der Waals surface area contributed by atoms with Gasteiger partial charge in [-0.1, -0.05) is 17.8 Å². The molecule has 17 heavy (non-hydrogen) atoms. The second kappa shape index (κ2) is 6.29. The molecule has 1 aromatic rings. The predicted octanol–water partition coefficient (Wildman–Crippen LogP) is 0.782. The summed E-state index contributed by atoms with van der Waals surface area (Å²) in [6.45, 7) is 3.57. The van der Waals surface area contributed by atoms with Gasteiger partial charge < -0.3 is 10.1 Å². The van der Waals surface area contributed by atoms with Crippen LogP contribution < -0.4 is 5.32 Å². The summed E-state index contributed by atoms with van der Waals surface area (Å²) in [4.78, 5) is 23.5. The number of ether oxygens (including phenoxy) is 1. The van der Waals surface area contributed by atoms with E-state index in [9.17, 15) is 9.59 Å². The van der Waals surface area contributed by atoms with Crippen LogP contribution in [-0.4, -0.2) is 34.6 Å². The summed E-state index contributed by atoms with van der Waals surface area (Å²) in [5.74, 6) is -0.811. The maximum absolute atomic E-state index is 11.8. The molecule has 1 aromatic heterocycles. The Kier molecular flexibility index (Phi) is 5.02. The van der Waals surface area contributed by atoms with Crippen molar-refractivity contribution in [2.75, 3.05) is 7.11 Å². The fourth-order valence-corrected chi connectivity index (χ4v) is 1.89. The maximum Gasteiger partial charge on any atom is 0.328 e. The number of hydrogen-bond acceptors (Lipinski definition) is 6. The van der Waals surface area contributed by atoms with E-state index in [1.165, 1.54) is 7.11 Å².